The van der Waals surface area contributed by atoms with Gasteiger partial charge in [-0.3, -0.25) is 9.36 Å². The molecule has 1 saturated heterocycles. The molecular formula is C15H15N3O4S. The van der Waals surface area contributed by atoms with Gasteiger partial charge < -0.3 is 15.2 Å². The van der Waals surface area contributed by atoms with Crippen molar-refractivity contribution in [3.63, 3.8) is 0 Å². The number of carbonyl (C=O) groups is 1. The van der Waals surface area contributed by atoms with Gasteiger partial charge in [-0.1, -0.05) is 18.2 Å². The zero-order valence-electron chi connectivity index (χ0n) is 12.1. The van der Waals surface area contributed by atoms with Crippen LogP contribution < -0.4 is 16.2 Å². The molecule has 0 aliphatic carbocycles. The van der Waals surface area contributed by atoms with Gasteiger partial charge >= 0.3 is 11.7 Å². The summed E-state index contributed by atoms with van der Waals surface area (Å²) in [5.41, 5.74) is 4.63. The van der Waals surface area contributed by atoms with Crippen LogP contribution in [-0.4, -0.2) is 26.7 Å². The number of nitrogens with zero attached hydrogens (tertiary/aromatic N) is 2. The number of nitrogens with two attached hydrogens (primary N) is 1. The number of carbonyl (C=O) groups excluding carboxylic acids is 1. The van der Waals surface area contributed by atoms with Gasteiger partial charge in [-0.05, 0) is 18.2 Å². The fraction of sp³-hybridized carbons (Fsp3) is 0.267. The van der Waals surface area contributed by atoms with Crippen LogP contribution in [0.3, 0.4) is 0 Å². The number of hydrogen-bond donors (Lipinski definition) is 1. The summed E-state index contributed by atoms with van der Waals surface area (Å²) in [6.07, 6.45) is 1.18. The maximum Gasteiger partial charge on any atom is 0.351 e. The topological polar surface area (TPSA) is 96.4 Å². The minimum atomic E-state index is -0.469. The number of thioether (sulfide) groups is 1. The third-order valence-corrected chi connectivity index (χ3v) is 4.33. The number of aromatic nitrogens is 2. The maximum absolute atomic E-state index is 11.9. The van der Waals surface area contributed by atoms with E-state index in [1.54, 1.807) is 30.5 Å². The van der Waals surface area contributed by atoms with Gasteiger partial charge in [-0.15, -0.1) is 11.8 Å². The van der Waals surface area contributed by atoms with Crippen molar-refractivity contribution in [1.82, 2.24) is 9.55 Å². The molecule has 2 N–H and O–H groups in total. The maximum atomic E-state index is 11.9. The molecule has 0 saturated carbocycles. The van der Waals surface area contributed by atoms with Gasteiger partial charge in [0.25, 0.3) is 0 Å². The van der Waals surface area contributed by atoms with Crippen LogP contribution in [0.25, 0.3) is 0 Å². The average Bonchev–Trinajstić information content (AvgIpc) is 2.96. The Hall–Kier alpha value is -2.32. The first-order chi connectivity index (χ1) is 11.1. The third-order valence-electron chi connectivity index (χ3n) is 3.20. The van der Waals surface area contributed by atoms with E-state index in [4.69, 9.17) is 15.2 Å². The molecule has 2 atom stereocenters. The first-order valence-corrected chi connectivity index (χ1v) is 8.04. The minimum absolute atomic E-state index is 0.104. The zero-order chi connectivity index (χ0) is 16.2. The lowest BCUT2D eigenvalue weighted by Crippen LogP contribution is -2.28. The van der Waals surface area contributed by atoms with E-state index in [0.29, 0.717) is 11.5 Å². The molecule has 2 heterocycles. The lowest BCUT2D eigenvalue weighted by Gasteiger charge is -2.14. The van der Waals surface area contributed by atoms with Gasteiger partial charge in [0, 0.05) is 11.9 Å². The number of nitrogen functional groups attached to an aromatic ring is 1. The van der Waals surface area contributed by atoms with Crippen molar-refractivity contribution in [1.29, 1.82) is 0 Å². The predicted molar refractivity (Wildman–Crippen MR) is 86.0 cm³/mol. The summed E-state index contributed by atoms with van der Waals surface area (Å²) >= 11 is 1.46. The molecule has 1 aromatic heterocycles. The van der Waals surface area contributed by atoms with E-state index in [-0.39, 0.29) is 23.6 Å². The normalized spacial score (nSPS) is 20.3. The van der Waals surface area contributed by atoms with E-state index in [9.17, 15) is 9.59 Å². The predicted octanol–water partition coefficient (Wildman–Crippen LogP) is 1.41. The van der Waals surface area contributed by atoms with Crippen LogP contribution in [0, 0.1) is 0 Å². The Morgan fingerprint density at radius 1 is 1.39 bits per heavy atom. The lowest BCUT2D eigenvalue weighted by atomic mass is 10.3. The molecule has 120 valence electrons. The number of hydrogen-bond acceptors (Lipinski definition) is 7. The molecule has 7 nitrogen and oxygen atoms in total. The fourth-order valence-corrected chi connectivity index (χ4v) is 3.22. The summed E-state index contributed by atoms with van der Waals surface area (Å²) in [6.45, 7) is 0. The third kappa shape index (κ3) is 3.91. The van der Waals surface area contributed by atoms with Gasteiger partial charge in [0.2, 0.25) is 0 Å². The lowest BCUT2D eigenvalue weighted by molar-refractivity contribution is -0.136. The Labute approximate surface area is 136 Å². The highest BCUT2D eigenvalue weighted by Gasteiger charge is 2.30. The Bertz CT molecular complexity index is 750. The molecule has 0 radical (unpaired) electrons. The molecule has 2 aromatic rings. The second-order valence-corrected chi connectivity index (χ2v) is 6.08. The van der Waals surface area contributed by atoms with Crippen LogP contribution in [-0.2, 0) is 9.53 Å². The SMILES string of the molecule is Nc1ccn(C2CSC(CC(=O)Oc3ccccc3)O2)c(=O)n1. The van der Waals surface area contributed by atoms with Crippen LogP contribution in [0.4, 0.5) is 5.82 Å². The highest BCUT2D eigenvalue weighted by atomic mass is 32.2. The smallest absolute Gasteiger partial charge is 0.351 e. The van der Waals surface area contributed by atoms with Crippen LogP contribution >= 0.6 is 11.8 Å². The molecule has 1 fully saturated rings. The van der Waals surface area contributed by atoms with E-state index >= 15 is 0 Å². The molecule has 1 aliphatic heterocycles. The van der Waals surface area contributed by atoms with Gasteiger partial charge in [-0.25, -0.2) is 4.79 Å². The van der Waals surface area contributed by atoms with Gasteiger partial charge in [0.1, 0.15) is 23.2 Å². The number of ether oxygens (including phenoxy) is 2. The van der Waals surface area contributed by atoms with Crippen molar-refractivity contribution in [3.8, 4) is 5.75 Å². The van der Waals surface area contributed by atoms with Crippen molar-refractivity contribution in [3.05, 3.63) is 53.1 Å². The van der Waals surface area contributed by atoms with E-state index in [2.05, 4.69) is 4.98 Å². The van der Waals surface area contributed by atoms with E-state index < -0.39 is 11.9 Å². The minimum Gasteiger partial charge on any atom is -0.426 e. The van der Waals surface area contributed by atoms with Crippen molar-refractivity contribution >= 4 is 23.5 Å². The quantitative estimate of drug-likeness (QED) is 0.667. The van der Waals surface area contributed by atoms with Crippen LogP contribution in [0.5, 0.6) is 5.75 Å². The molecule has 1 aromatic carbocycles. The number of benzene rings is 1. The summed E-state index contributed by atoms with van der Waals surface area (Å²) in [6, 6.07) is 10.4. The van der Waals surface area contributed by atoms with Crippen LogP contribution in [0.2, 0.25) is 0 Å². The molecule has 0 amide bonds. The number of anilines is 1. The summed E-state index contributed by atoms with van der Waals surface area (Å²) in [5.74, 6) is 0.836. The van der Waals surface area contributed by atoms with Crippen molar-refractivity contribution in [2.45, 2.75) is 18.1 Å². The van der Waals surface area contributed by atoms with Crippen LogP contribution in [0.15, 0.2) is 47.4 Å². The molecule has 0 bridgehead atoms. The van der Waals surface area contributed by atoms with Gasteiger partial charge in [0.15, 0.2) is 0 Å². The molecule has 0 spiro atoms. The number of esters is 1. The Balaban J connectivity index is 1.57. The Kier molecular flexibility index (Phi) is 4.63. The number of rotatable bonds is 4. The Morgan fingerprint density at radius 3 is 2.91 bits per heavy atom. The molecule has 8 heteroatoms. The zero-order valence-corrected chi connectivity index (χ0v) is 12.9. The van der Waals surface area contributed by atoms with Gasteiger partial charge in [0.05, 0.1) is 6.42 Å². The highest BCUT2D eigenvalue weighted by molar-refractivity contribution is 8.00. The van der Waals surface area contributed by atoms with Crippen molar-refractivity contribution in [2.24, 2.45) is 0 Å². The van der Waals surface area contributed by atoms with Crippen LogP contribution in [0.1, 0.15) is 12.6 Å². The van der Waals surface area contributed by atoms with E-state index in [1.165, 1.54) is 22.4 Å². The van der Waals surface area contributed by atoms with E-state index in [1.807, 2.05) is 6.07 Å². The van der Waals surface area contributed by atoms with Crippen molar-refractivity contribution in [2.75, 3.05) is 11.5 Å². The Morgan fingerprint density at radius 2 is 2.17 bits per heavy atom. The standard InChI is InChI=1S/C15H15N3O4S/c16-11-6-7-18(15(20)17-11)12-9-23-14(22-12)8-13(19)21-10-4-2-1-3-5-10/h1-7,12,14H,8-9H2,(H2,16,17,20). The molecule has 1 aliphatic rings. The average molecular weight is 333 g/mol. The largest absolute Gasteiger partial charge is 0.426 e. The number of para-hydroxylation sites is 1. The summed E-state index contributed by atoms with van der Waals surface area (Å²) < 4.78 is 12.3. The fourth-order valence-electron chi connectivity index (χ4n) is 2.14. The monoisotopic (exact) mass is 333 g/mol. The molecule has 3 rings (SSSR count). The second-order valence-electron chi connectivity index (χ2n) is 4.89. The molecular weight excluding hydrogens is 318 g/mol. The second kappa shape index (κ2) is 6.84. The van der Waals surface area contributed by atoms with E-state index in [0.717, 1.165) is 0 Å². The summed E-state index contributed by atoms with van der Waals surface area (Å²) in [5, 5.41) is 0. The molecule has 23 heavy (non-hydrogen) atoms. The highest BCUT2D eigenvalue weighted by Crippen LogP contribution is 2.33. The first-order valence-electron chi connectivity index (χ1n) is 6.99. The van der Waals surface area contributed by atoms with Crippen molar-refractivity contribution < 1.29 is 14.3 Å². The molecule has 2 unspecified atom stereocenters. The summed E-state index contributed by atoms with van der Waals surface area (Å²) in [7, 11) is 0. The van der Waals surface area contributed by atoms with Gasteiger partial charge in [-0.2, -0.15) is 4.98 Å². The first kappa shape index (κ1) is 15.6. The summed E-state index contributed by atoms with van der Waals surface area (Å²) in [4.78, 5) is 27.4.